The van der Waals surface area contributed by atoms with Crippen LogP contribution in [-0.2, 0) is 0 Å². The molecule has 13 aromatic rings. The lowest BCUT2D eigenvalue weighted by molar-refractivity contribution is 0.217. The molecular weight excluding hydrogens is 1080 g/mol. The highest BCUT2D eigenvalue weighted by molar-refractivity contribution is 9.10. The second-order valence-electron chi connectivity index (χ2n) is 17.5. The van der Waals surface area contributed by atoms with Crippen molar-refractivity contribution < 1.29 is 32.2 Å². The fourth-order valence-corrected chi connectivity index (χ4v) is 9.27. The van der Waals surface area contributed by atoms with E-state index in [9.17, 15) is 0 Å². The van der Waals surface area contributed by atoms with Crippen LogP contribution in [-0.4, -0.2) is 26.4 Å². The minimum absolute atomic E-state index is 0.430. The Labute approximate surface area is 454 Å². The third kappa shape index (κ3) is 11.6. The molecule has 0 saturated heterocycles. The Bertz CT molecular complexity index is 3830. The SMILES string of the molecule is Brc1ccc(OCCOc2ccc(Br)cc2)cc1.Nc1cccc2c1oc1ccccc12.c1ccc2c(c1)oc1c(Nc3ccc(OCCOc4ccc(Nc5cccc6c5oc5ccccc56)cc4)cc3)cccc12. The maximum Gasteiger partial charge on any atom is 0.158 e. The number of rotatable bonds is 14. The third-order valence-corrected chi connectivity index (χ3v) is 13.4. The van der Waals surface area contributed by atoms with Gasteiger partial charge in [0.25, 0.3) is 0 Å². The average molecular weight is 1130 g/mol. The largest absolute Gasteiger partial charge is 0.490 e. The predicted molar refractivity (Wildman–Crippen MR) is 315 cm³/mol. The first-order valence-electron chi connectivity index (χ1n) is 24.6. The van der Waals surface area contributed by atoms with E-state index in [4.69, 9.17) is 37.9 Å². The molecule has 0 atom stereocenters. The summed E-state index contributed by atoms with van der Waals surface area (Å²) >= 11 is 6.76. The highest BCUT2D eigenvalue weighted by atomic mass is 79.9. The van der Waals surface area contributed by atoms with Gasteiger partial charge in [-0.25, -0.2) is 0 Å². The van der Waals surface area contributed by atoms with Gasteiger partial charge in [-0.05, 0) is 133 Å². The van der Waals surface area contributed by atoms with Crippen LogP contribution in [0.5, 0.6) is 23.0 Å². The van der Waals surface area contributed by atoms with Crippen molar-refractivity contribution in [1.82, 2.24) is 0 Å². The van der Waals surface area contributed by atoms with Crippen LogP contribution in [0.4, 0.5) is 28.4 Å². The Morgan fingerprint density at radius 3 is 1.00 bits per heavy atom. The summed E-state index contributed by atoms with van der Waals surface area (Å²) in [6, 6.07) is 73.5. The minimum Gasteiger partial charge on any atom is -0.490 e. The van der Waals surface area contributed by atoms with Gasteiger partial charge in [0.2, 0.25) is 0 Å². The third-order valence-electron chi connectivity index (χ3n) is 12.4. The molecule has 0 aliphatic heterocycles. The van der Waals surface area contributed by atoms with Crippen molar-refractivity contribution in [3.05, 3.63) is 233 Å². The van der Waals surface area contributed by atoms with E-state index in [-0.39, 0.29) is 0 Å². The van der Waals surface area contributed by atoms with Crippen molar-refractivity contribution in [2.45, 2.75) is 0 Å². The van der Waals surface area contributed by atoms with Gasteiger partial charge in [0.1, 0.15) is 66.2 Å². The predicted octanol–water partition coefficient (Wildman–Crippen LogP) is 18.3. The number of benzene rings is 10. The summed E-state index contributed by atoms with van der Waals surface area (Å²) in [5.41, 5.74) is 15.4. The van der Waals surface area contributed by atoms with Gasteiger partial charge >= 0.3 is 0 Å². The Balaban J connectivity index is 0.000000156. The van der Waals surface area contributed by atoms with Crippen molar-refractivity contribution in [3.8, 4) is 23.0 Å². The summed E-state index contributed by atoms with van der Waals surface area (Å²) in [5, 5.41) is 13.6. The Hall–Kier alpha value is -8.84. The molecule has 376 valence electrons. The molecule has 0 aliphatic rings. The zero-order valence-corrected chi connectivity index (χ0v) is 44.1. The van der Waals surface area contributed by atoms with Gasteiger partial charge in [-0.1, -0.05) is 123 Å². The monoisotopic (exact) mass is 1130 g/mol. The molecular formula is C64H49Br2N3O7. The molecule has 0 fully saturated rings. The minimum atomic E-state index is 0.430. The van der Waals surface area contributed by atoms with Crippen molar-refractivity contribution in [3.63, 3.8) is 0 Å². The summed E-state index contributed by atoms with van der Waals surface area (Å²) in [6.07, 6.45) is 0. The van der Waals surface area contributed by atoms with Crippen molar-refractivity contribution in [1.29, 1.82) is 0 Å². The van der Waals surface area contributed by atoms with Crippen LogP contribution < -0.4 is 35.3 Å². The molecule has 0 radical (unpaired) electrons. The van der Waals surface area contributed by atoms with Gasteiger partial charge in [0, 0.05) is 52.6 Å². The van der Waals surface area contributed by atoms with Crippen molar-refractivity contribution >= 4 is 126 Å². The average Bonchev–Trinajstić information content (AvgIpc) is 4.19. The second kappa shape index (κ2) is 23.1. The first kappa shape index (κ1) is 49.4. The van der Waals surface area contributed by atoms with Gasteiger partial charge in [0.15, 0.2) is 16.7 Å². The fraction of sp³-hybridized carbons (Fsp3) is 0.0625. The lowest BCUT2D eigenvalue weighted by atomic mass is 10.1. The van der Waals surface area contributed by atoms with E-state index in [0.29, 0.717) is 32.1 Å². The normalized spacial score (nSPS) is 11.0. The summed E-state index contributed by atoms with van der Waals surface area (Å²) in [7, 11) is 0. The van der Waals surface area contributed by atoms with Crippen LogP contribution in [0.3, 0.4) is 0 Å². The lowest BCUT2D eigenvalue weighted by Gasteiger charge is -2.11. The van der Waals surface area contributed by atoms with E-state index >= 15 is 0 Å². The molecule has 0 spiro atoms. The molecule has 76 heavy (non-hydrogen) atoms. The molecule has 10 nitrogen and oxygen atoms in total. The maximum absolute atomic E-state index is 6.13. The second-order valence-corrected chi connectivity index (χ2v) is 19.3. The number of furan rings is 3. The Morgan fingerprint density at radius 1 is 0.316 bits per heavy atom. The van der Waals surface area contributed by atoms with Gasteiger partial charge in [-0.2, -0.15) is 0 Å². The Morgan fingerprint density at radius 2 is 0.618 bits per heavy atom. The van der Waals surface area contributed by atoms with E-state index in [2.05, 4.69) is 66.8 Å². The number of hydrogen-bond donors (Lipinski definition) is 3. The number of nitrogens with two attached hydrogens (primary N) is 1. The first-order valence-corrected chi connectivity index (χ1v) is 26.2. The smallest absolute Gasteiger partial charge is 0.158 e. The first-order chi connectivity index (χ1) is 37.4. The molecule has 4 N–H and O–H groups in total. The molecule has 0 saturated carbocycles. The number of ether oxygens (including phenoxy) is 4. The standard InChI is InChI=1S/C38H28N2O4.C14H12Br2O2.C12H9NO/c1-3-13-35-29(7-1)31-9-5-11-33(37(31)43-35)39-25-15-19-27(20-16-25)41-23-24-42-28-21-17-26(18-22-28)40-34-12-6-10-32-30-8-2-4-14-36(30)44-38(32)34;15-11-1-5-13(6-2-11)17-9-10-18-14-7-3-12(16)4-8-14;13-10-6-3-5-9-8-4-1-2-7-11(8)14-12(9)10/h1-22,39-40H,23-24H2;1-8H,9-10H2;1-7H,13H2. The van der Waals surface area contributed by atoms with Gasteiger partial charge in [-0.3, -0.25) is 0 Å². The number of nitrogen functional groups attached to an aromatic ring is 1. The highest BCUT2D eigenvalue weighted by Gasteiger charge is 2.13. The molecule has 0 bridgehead atoms. The van der Waals surface area contributed by atoms with E-state index in [1.165, 1.54) is 0 Å². The van der Waals surface area contributed by atoms with Crippen LogP contribution in [0, 0.1) is 0 Å². The van der Waals surface area contributed by atoms with E-state index in [1.807, 2.05) is 200 Å². The number of fused-ring (bicyclic) bond motifs is 9. The van der Waals surface area contributed by atoms with Crippen molar-refractivity contribution in [2.24, 2.45) is 0 Å². The molecule has 3 heterocycles. The molecule has 13 rings (SSSR count). The molecule has 0 amide bonds. The summed E-state index contributed by atoms with van der Waals surface area (Å²) in [4.78, 5) is 0. The van der Waals surface area contributed by atoms with Gasteiger partial charge < -0.3 is 48.6 Å². The number of anilines is 5. The lowest BCUT2D eigenvalue weighted by Crippen LogP contribution is -2.09. The summed E-state index contributed by atoms with van der Waals surface area (Å²) < 4.78 is 42.9. The number of halogens is 2. The van der Waals surface area contributed by atoms with E-state index in [0.717, 1.165) is 121 Å². The highest BCUT2D eigenvalue weighted by Crippen LogP contribution is 2.37. The molecule has 0 aliphatic carbocycles. The van der Waals surface area contributed by atoms with E-state index < -0.39 is 0 Å². The van der Waals surface area contributed by atoms with Gasteiger partial charge in [-0.15, -0.1) is 0 Å². The van der Waals surface area contributed by atoms with Crippen LogP contribution in [0.15, 0.2) is 247 Å². The summed E-state index contributed by atoms with van der Waals surface area (Å²) in [5.74, 6) is 3.25. The van der Waals surface area contributed by atoms with Crippen LogP contribution in [0.25, 0.3) is 65.8 Å². The topological polar surface area (TPSA) is 126 Å². The number of nitrogens with one attached hydrogen (secondary N) is 2. The van der Waals surface area contributed by atoms with E-state index in [1.54, 1.807) is 0 Å². The van der Waals surface area contributed by atoms with Gasteiger partial charge in [0.05, 0.1) is 17.1 Å². The zero-order valence-electron chi connectivity index (χ0n) is 40.9. The maximum atomic E-state index is 6.13. The van der Waals surface area contributed by atoms with Crippen LogP contribution in [0.2, 0.25) is 0 Å². The summed E-state index contributed by atoms with van der Waals surface area (Å²) in [6.45, 7) is 1.91. The fourth-order valence-electron chi connectivity index (χ4n) is 8.74. The van der Waals surface area contributed by atoms with Crippen molar-refractivity contribution in [2.75, 3.05) is 42.8 Å². The molecule has 3 aromatic heterocycles. The van der Waals surface area contributed by atoms with Crippen LogP contribution in [0.1, 0.15) is 0 Å². The number of hydrogen-bond acceptors (Lipinski definition) is 10. The molecule has 10 aromatic carbocycles. The quantitative estimate of drug-likeness (QED) is 0.0716. The van der Waals surface area contributed by atoms with Crippen LogP contribution >= 0.6 is 31.9 Å². The Kier molecular flexibility index (Phi) is 15.0. The molecule has 0 unspecified atom stereocenters. The number of para-hydroxylation sites is 6. The molecule has 12 heteroatoms. The zero-order chi connectivity index (χ0) is 51.6.